The lowest BCUT2D eigenvalue weighted by Crippen LogP contribution is -2.25. The van der Waals surface area contributed by atoms with Gasteiger partial charge in [0.15, 0.2) is 0 Å². The van der Waals surface area contributed by atoms with Crippen LogP contribution in [0.3, 0.4) is 0 Å². The van der Waals surface area contributed by atoms with Gasteiger partial charge in [0, 0.05) is 24.0 Å². The van der Waals surface area contributed by atoms with E-state index in [1.165, 1.54) is 6.07 Å². The third-order valence-electron chi connectivity index (χ3n) is 3.77. The minimum atomic E-state index is -0.433. The normalized spacial score (nSPS) is 23.4. The summed E-state index contributed by atoms with van der Waals surface area (Å²) in [6.07, 6.45) is 2.66. The molecule has 0 bridgehead atoms. The molecule has 0 heterocycles. The topological polar surface area (TPSA) is 60.2 Å². The predicted molar refractivity (Wildman–Crippen MR) is 73.3 cm³/mol. The molecule has 2 unspecified atom stereocenters. The van der Waals surface area contributed by atoms with Crippen molar-refractivity contribution in [3.05, 3.63) is 38.9 Å². The lowest BCUT2D eigenvalue weighted by atomic mass is 9.78. The van der Waals surface area contributed by atoms with Gasteiger partial charge in [-0.15, -0.1) is 0 Å². The molecule has 0 aliphatic heterocycles. The Hall–Kier alpha value is -1.42. The quantitative estimate of drug-likeness (QED) is 0.625. The Bertz CT molecular complexity index is 515. The van der Waals surface area contributed by atoms with Crippen molar-refractivity contribution < 1.29 is 9.72 Å². The number of carbonyl (C=O) groups is 1. The van der Waals surface area contributed by atoms with E-state index in [9.17, 15) is 14.9 Å². The molecular weight excluding hydrogens is 266 g/mol. The molecule has 0 aromatic heterocycles. The van der Waals surface area contributed by atoms with Crippen molar-refractivity contribution in [3.63, 3.8) is 0 Å². The molecular formula is C14H16ClNO3. The van der Waals surface area contributed by atoms with Gasteiger partial charge in [0.1, 0.15) is 5.78 Å². The molecule has 1 aromatic rings. The number of nitro groups is 1. The number of nitrogens with zero attached hydrogens (tertiary/aromatic N) is 1. The third-order valence-corrected chi connectivity index (χ3v) is 4.12. The van der Waals surface area contributed by atoms with Crippen LogP contribution >= 0.6 is 11.6 Å². The van der Waals surface area contributed by atoms with Crippen molar-refractivity contribution in [2.75, 3.05) is 0 Å². The molecule has 102 valence electrons. The summed E-state index contributed by atoms with van der Waals surface area (Å²) in [5.41, 5.74) is 0.500. The van der Waals surface area contributed by atoms with E-state index >= 15 is 0 Å². The average molecular weight is 282 g/mol. The van der Waals surface area contributed by atoms with Gasteiger partial charge in [-0.2, -0.15) is 0 Å². The molecule has 0 amide bonds. The fourth-order valence-electron chi connectivity index (χ4n) is 2.69. The summed E-state index contributed by atoms with van der Waals surface area (Å²) in [5, 5.41) is 11.4. The van der Waals surface area contributed by atoms with Crippen molar-refractivity contribution in [3.8, 4) is 0 Å². The summed E-state index contributed by atoms with van der Waals surface area (Å²) >= 11 is 6.06. The Kier molecular flexibility index (Phi) is 4.20. The standard InChI is InChI=1S/C14H16ClNO3/c1-9-5-6-14(17)10(7-9)8-11-12(15)3-2-4-13(11)16(18)19/h2-4,9-10H,5-8H2,1H3. The highest BCUT2D eigenvalue weighted by atomic mass is 35.5. The smallest absolute Gasteiger partial charge is 0.274 e. The number of hydrogen-bond donors (Lipinski definition) is 0. The Morgan fingerprint density at radius 3 is 2.89 bits per heavy atom. The van der Waals surface area contributed by atoms with Crippen LogP contribution in [0.15, 0.2) is 18.2 Å². The minimum absolute atomic E-state index is 0.0125. The van der Waals surface area contributed by atoms with Crippen molar-refractivity contribution in [2.45, 2.75) is 32.6 Å². The summed E-state index contributed by atoms with van der Waals surface area (Å²) in [6.45, 7) is 2.11. The first-order chi connectivity index (χ1) is 8.99. The van der Waals surface area contributed by atoms with Gasteiger partial charge in [-0.05, 0) is 31.2 Å². The molecule has 2 atom stereocenters. The number of Topliss-reactive ketones (excluding diaryl/α,β-unsaturated/α-hetero) is 1. The molecule has 0 saturated heterocycles. The molecule has 1 aliphatic rings. The van der Waals surface area contributed by atoms with E-state index in [4.69, 9.17) is 11.6 Å². The second-order valence-electron chi connectivity index (χ2n) is 5.24. The summed E-state index contributed by atoms with van der Waals surface area (Å²) in [4.78, 5) is 22.5. The summed E-state index contributed by atoms with van der Waals surface area (Å²) in [6, 6.07) is 4.65. The van der Waals surface area contributed by atoms with Crippen LogP contribution in [0.25, 0.3) is 0 Å². The van der Waals surface area contributed by atoms with E-state index in [-0.39, 0.29) is 17.4 Å². The maximum atomic E-state index is 11.9. The first-order valence-corrected chi connectivity index (χ1v) is 6.81. The number of hydrogen-bond acceptors (Lipinski definition) is 3. The molecule has 4 nitrogen and oxygen atoms in total. The fourth-order valence-corrected chi connectivity index (χ4v) is 2.94. The zero-order valence-electron chi connectivity index (χ0n) is 10.8. The summed E-state index contributed by atoms with van der Waals surface area (Å²) in [5.74, 6) is 0.555. The lowest BCUT2D eigenvalue weighted by Gasteiger charge is -2.25. The van der Waals surface area contributed by atoms with Gasteiger partial charge in [-0.25, -0.2) is 0 Å². The lowest BCUT2D eigenvalue weighted by molar-refractivity contribution is -0.385. The maximum absolute atomic E-state index is 11.9. The van der Waals surface area contributed by atoms with Gasteiger partial charge in [-0.1, -0.05) is 24.6 Å². The van der Waals surface area contributed by atoms with Crippen LogP contribution in [0.4, 0.5) is 5.69 Å². The van der Waals surface area contributed by atoms with Crippen molar-refractivity contribution in [1.82, 2.24) is 0 Å². The highest BCUT2D eigenvalue weighted by molar-refractivity contribution is 6.31. The van der Waals surface area contributed by atoms with Gasteiger partial charge in [0.05, 0.1) is 9.95 Å². The fraction of sp³-hybridized carbons (Fsp3) is 0.500. The molecule has 1 saturated carbocycles. The first kappa shape index (κ1) is 14.0. The van der Waals surface area contributed by atoms with E-state index < -0.39 is 4.92 Å². The maximum Gasteiger partial charge on any atom is 0.274 e. The van der Waals surface area contributed by atoms with Gasteiger partial charge in [0.25, 0.3) is 5.69 Å². The van der Waals surface area contributed by atoms with Crippen LogP contribution in [0, 0.1) is 22.0 Å². The van der Waals surface area contributed by atoms with Crippen LogP contribution < -0.4 is 0 Å². The molecule has 1 aromatic carbocycles. The SMILES string of the molecule is CC1CCC(=O)C(Cc2c(Cl)cccc2[N+](=O)[O-])C1. The third kappa shape index (κ3) is 3.13. The predicted octanol–water partition coefficient (Wildman–Crippen LogP) is 3.80. The molecule has 0 N–H and O–H groups in total. The van der Waals surface area contributed by atoms with E-state index in [0.717, 1.165) is 12.8 Å². The zero-order valence-corrected chi connectivity index (χ0v) is 11.5. The number of rotatable bonds is 3. The molecule has 19 heavy (non-hydrogen) atoms. The highest BCUT2D eigenvalue weighted by Crippen LogP contribution is 2.34. The Balaban J connectivity index is 2.27. The van der Waals surface area contributed by atoms with Crippen LogP contribution in [0.1, 0.15) is 31.7 Å². The van der Waals surface area contributed by atoms with Gasteiger partial charge >= 0.3 is 0 Å². The van der Waals surface area contributed by atoms with Crippen molar-refractivity contribution in [1.29, 1.82) is 0 Å². The second kappa shape index (κ2) is 5.70. The minimum Gasteiger partial charge on any atom is -0.299 e. The van der Waals surface area contributed by atoms with E-state index in [1.54, 1.807) is 12.1 Å². The van der Waals surface area contributed by atoms with Crippen LogP contribution in [0.2, 0.25) is 5.02 Å². The number of carbonyl (C=O) groups excluding carboxylic acids is 1. The number of halogens is 1. The van der Waals surface area contributed by atoms with Gasteiger partial charge < -0.3 is 0 Å². The number of ketones is 1. The molecule has 0 spiro atoms. The zero-order chi connectivity index (χ0) is 14.0. The summed E-state index contributed by atoms with van der Waals surface area (Å²) in [7, 11) is 0. The second-order valence-corrected chi connectivity index (χ2v) is 5.65. The average Bonchev–Trinajstić information content (AvgIpc) is 2.35. The number of benzene rings is 1. The van der Waals surface area contributed by atoms with Crippen LogP contribution in [-0.4, -0.2) is 10.7 Å². The molecule has 1 fully saturated rings. The highest BCUT2D eigenvalue weighted by Gasteiger charge is 2.29. The van der Waals surface area contributed by atoms with Gasteiger partial charge in [-0.3, -0.25) is 14.9 Å². The van der Waals surface area contributed by atoms with E-state index in [2.05, 4.69) is 6.92 Å². The molecule has 2 rings (SSSR count). The van der Waals surface area contributed by atoms with E-state index in [0.29, 0.717) is 29.3 Å². The Labute approximate surface area is 116 Å². The molecule has 0 radical (unpaired) electrons. The summed E-state index contributed by atoms with van der Waals surface area (Å²) < 4.78 is 0. The van der Waals surface area contributed by atoms with Crippen molar-refractivity contribution in [2.24, 2.45) is 11.8 Å². The molecule has 5 heteroatoms. The Morgan fingerprint density at radius 2 is 2.21 bits per heavy atom. The first-order valence-electron chi connectivity index (χ1n) is 6.43. The molecule has 1 aliphatic carbocycles. The van der Waals surface area contributed by atoms with Crippen LogP contribution in [0.5, 0.6) is 0 Å². The monoisotopic (exact) mass is 281 g/mol. The largest absolute Gasteiger partial charge is 0.299 e. The van der Waals surface area contributed by atoms with Crippen LogP contribution in [-0.2, 0) is 11.2 Å². The van der Waals surface area contributed by atoms with E-state index in [1.807, 2.05) is 0 Å². The van der Waals surface area contributed by atoms with Gasteiger partial charge in [0.2, 0.25) is 0 Å². The number of nitro benzene ring substituents is 1. The Morgan fingerprint density at radius 1 is 1.47 bits per heavy atom. The van der Waals surface area contributed by atoms with Crippen molar-refractivity contribution >= 4 is 23.1 Å².